The maximum Gasteiger partial charge on any atom is 0.306 e. The van der Waals surface area contributed by atoms with Gasteiger partial charge in [0.2, 0.25) is 0 Å². The molecule has 0 amide bonds. The van der Waals surface area contributed by atoms with Gasteiger partial charge in [-0.2, -0.15) is 5.26 Å². The second-order valence-corrected chi connectivity index (χ2v) is 8.58. The molecule has 1 aromatic heterocycles. The van der Waals surface area contributed by atoms with Gasteiger partial charge in [0.15, 0.2) is 11.5 Å². The molecule has 1 fully saturated rings. The molecule has 0 bridgehead atoms. The first-order valence-corrected chi connectivity index (χ1v) is 11.4. The van der Waals surface area contributed by atoms with E-state index in [1.165, 1.54) is 0 Å². The van der Waals surface area contributed by atoms with Crippen LogP contribution in [0.5, 0.6) is 11.5 Å². The van der Waals surface area contributed by atoms with Crippen molar-refractivity contribution in [1.29, 1.82) is 5.26 Å². The van der Waals surface area contributed by atoms with Crippen molar-refractivity contribution in [3.63, 3.8) is 0 Å². The monoisotopic (exact) mass is 470 g/mol. The number of carbonyl (C=O) groups excluding carboxylic acids is 1. The summed E-state index contributed by atoms with van der Waals surface area (Å²) >= 11 is 1.59. The van der Waals surface area contributed by atoms with Crippen LogP contribution in [0.15, 0.2) is 30.3 Å². The van der Waals surface area contributed by atoms with Crippen LogP contribution in [0.1, 0.15) is 36.1 Å². The summed E-state index contributed by atoms with van der Waals surface area (Å²) in [5.74, 6) is -0.295. The molecule has 1 aliphatic heterocycles. The molecule has 2 aromatic rings. The van der Waals surface area contributed by atoms with Crippen molar-refractivity contribution in [3.05, 3.63) is 40.8 Å². The van der Waals surface area contributed by atoms with Crippen LogP contribution >= 0.6 is 11.3 Å². The lowest BCUT2D eigenvalue weighted by molar-refractivity contribution is -0.152. The van der Waals surface area contributed by atoms with Gasteiger partial charge in [-0.05, 0) is 42.0 Å². The molecule has 0 saturated carbocycles. The Labute approximate surface area is 196 Å². The number of hydrogen-bond acceptors (Lipinski definition) is 8. The number of carbonyl (C=O) groups is 2. The molecule has 1 saturated heterocycles. The fourth-order valence-electron chi connectivity index (χ4n) is 3.56. The van der Waals surface area contributed by atoms with Crippen LogP contribution in [0.2, 0.25) is 0 Å². The van der Waals surface area contributed by atoms with Crippen LogP contribution in [0.25, 0.3) is 11.6 Å². The van der Waals surface area contributed by atoms with Crippen molar-refractivity contribution in [2.75, 3.05) is 32.2 Å². The maximum atomic E-state index is 11.8. The molecule has 1 N–H and O–H groups in total. The zero-order valence-electron chi connectivity index (χ0n) is 18.6. The van der Waals surface area contributed by atoms with Gasteiger partial charge in [0.25, 0.3) is 0 Å². The average molecular weight is 471 g/mol. The number of carboxylic acids is 1. The average Bonchev–Trinajstić information content (AvgIpc) is 3.30. The smallest absolute Gasteiger partial charge is 0.306 e. The SMILES string of the molecule is COc1ccc(/C(C#N)=C/c2ccc(N3CCC(OC(=O)CCC(=O)O)CC3)s2)cc1OC. The molecule has 0 unspecified atom stereocenters. The van der Waals surface area contributed by atoms with Gasteiger partial charge >= 0.3 is 11.9 Å². The van der Waals surface area contributed by atoms with E-state index in [0.717, 1.165) is 28.5 Å². The quantitative estimate of drug-likeness (QED) is 0.429. The van der Waals surface area contributed by atoms with Gasteiger partial charge < -0.3 is 24.2 Å². The van der Waals surface area contributed by atoms with Gasteiger partial charge in [-0.3, -0.25) is 9.59 Å². The van der Waals surface area contributed by atoms with E-state index in [2.05, 4.69) is 11.0 Å². The third-order valence-corrected chi connectivity index (χ3v) is 6.40. The second-order valence-electron chi connectivity index (χ2n) is 7.49. The van der Waals surface area contributed by atoms with E-state index in [1.54, 1.807) is 37.7 Å². The van der Waals surface area contributed by atoms with Crippen LogP contribution in [0.3, 0.4) is 0 Å². The lowest BCUT2D eigenvalue weighted by Crippen LogP contribution is -2.37. The van der Waals surface area contributed by atoms with Crippen molar-refractivity contribution >= 4 is 39.9 Å². The van der Waals surface area contributed by atoms with Gasteiger partial charge in [-0.1, -0.05) is 0 Å². The summed E-state index contributed by atoms with van der Waals surface area (Å²) < 4.78 is 16.0. The van der Waals surface area contributed by atoms with Crippen molar-refractivity contribution in [1.82, 2.24) is 0 Å². The largest absolute Gasteiger partial charge is 0.493 e. The zero-order chi connectivity index (χ0) is 23.8. The number of allylic oxidation sites excluding steroid dienone is 1. The van der Waals surface area contributed by atoms with E-state index >= 15 is 0 Å². The first-order valence-electron chi connectivity index (χ1n) is 10.5. The molecule has 2 heterocycles. The molecule has 33 heavy (non-hydrogen) atoms. The highest BCUT2D eigenvalue weighted by molar-refractivity contribution is 7.17. The van der Waals surface area contributed by atoms with Crippen molar-refractivity contribution in [2.45, 2.75) is 31.8 Å². The molecule has 0 atom stereocenters. The predicted molar refractivity (Wildman–Crippen MR) is 126 cm³/mol. The third kappa shape index (κ3) is 6.49. The minimum absolute atomic E-state index is 0.0997. The normalized spacial score (nSPS) is 14.5. The number of anilines is 1. The van der Waals surface area contributed by atoms with Crippen LogP contribution in [-0.4, -0.2) is 50.5 Å². The molecule has 1 aromatic carbocycles. The fraction of sp³-hybridized carbons (Fsp3) is 0.375. The van der Waals surface area contributed by atoms with E-state index in [-0.39, 0.29) is 18.9 Å². The minimum Gasteiger partial charge on any atom is -0.493 e. The Kier molecular flexibility index (Phi) is 8.33. The standard InChI is InChI=1S/C24H26N2O6S/c1-30-20-5-3-16(14-21(20)31-2)17(15-25)13-19-4-6-22(33-19)26-11-9-18(10-12-26)32-24(29)8-7-23(27)28/h3-6,13-14,18H,7-12H2,1-2H3,(H,27,28)/b17-13+. The van der Waals surface area contributed by atoms with Crippen molar-refractivity contribution in [3.8, 4) is 17.6 Å². The number of methoxy groups -OCH3 is 2. The lowest BCUT2D eigenvalue weighted by Gasteiger charge is -2.32. The third-order valence-electron chi connectivity index (χ3n) is 5.31. The first kappa shape index (κ1) is 24.1. The molecule has 9 heteroatoms. The minimum atomic E-state index is -1.00. The summed E-state index contributed by atoms with van der Waals surface area (Å²) in [6.45, 7) is 1.47. The first-order chi connectivity index (χ1) is 15.9. The summed E-state index contributed by atoms with van der Waals surface area (Å²) in [6.07, 6.45) is 2.74. The van der Waals surface area contributed by atoms with Gasteiger partial charge in [-0.15, -0.1) is 11.3 Å². The number of benzene rings is 1. The molecule has 174 valence electrons. The molecule has 0 spiro atoms. The summed E-state index contributed by atoms with van der Waals surface area (Å²) in [7, 11) is 3.13. The number of piperidine rings is 1. The predicted octanol–water partition coefficient (Wildman–Crippen LogP) is 4.21. The van der Waals surface area contributed by atoms with Gasteiger partial charge in [0.1, 0.15) is 6.10 Å². The van der Waals surface area contributed by atoms with Crippen molar-refractivity contribution < 1.29 is 28.9 Å². The summed E-state index contributed by atoms with van der Waals surface area (Å²) in [6, 6.07) is 11.7. The van der Waals surface area contributed by atoms with Gasteiger partial charge in [0, 0.05) is 30.8 Å². The maximum absolute atomic E-state index is 11.8. The number of esters is 1. The van der Waals surface area contributed by atoms with Crippen LogP contribution in [0, 0.1) is 11.3 Å². The Morgan fingerprint density at radius 3 is 2.52 bits per heavy atom. The number of carboxylic acid groups (broad SMARTS) is 1. The Morgan fingerprint density at radius 1 is 1.15 bits per heavy atom. The van der Waals surface area contributed by atoms with E-state index in [4.69, 9.17) is 19.3 Å². The van der Waals surface area contributed by atoms with E-state index in [1.807, 2.05) is 24.3 Å². The van der Waals surface area contributed by atoms with E-state index in [0.29, 0.717) is 29.9 Å². The number of rotatable bonds is 9. The molecule has 8 nitrogen and oxygen atoms in total. The molecular weight excluding hydrogens is 444 g/mol. The molecule has 0 aliphatic carbocycles. The zero-order valence-corrected chi connectivity index (χ0v) is 19.4. The van der Waals surface area contributed by atoms with E-state index < -0.39 is 11.9 Å². The number of nitrogens with zero attached hydrogens (tertiary/aromatic N) is 2. The topological polar surface area (TPSA) is 109 Å². The molecule has 3 rings (SSSR count). The summed E-state index contributed by atoms with van der Waals surface area (Å²) in [5.41, 5.74) is 1.27. The summed E-state index contributed by atoms with van der Waals surface area (Å²) in [4.78, 5) is 25.5. The van der Waals surface area contributed by atoms with Crippen LogP contribution in [0.4, 0.5) is 5.00 Å². The molecular formula is C24H26N2O6S. The Bertz CT molecular complexity index is 1060. The number of aliphatic carboxylic acids is 1. The highest BCUT2D eigenvalue weighted by atomic mass is 32.1. The number of ether oxygens (including phenoxy) is 3. The molecule has 1 aliphatic rings. The molecule has 0 radical (unpaired) electrons. The number of nitriles is 1. The highest BCUT2D eigenvalue weighted by Crippen LogP contribution is 2.34. The van der Waals surface area contributed by atoms with E-state index in [9.17, 15) is 14.9 Å². The number of thiophene rings is 1. The van der Waals surface area contributed by atoms with Crippen LogP contribution < -0.4 is 14.4 Å². The Morgan fingerprint density at radius 2 is 1.88 bits per heavy atom. The van der Waals surface area contributed by atoms with Gasteiger partial charge in [0.05, 0.1) is 43.7 Å². The number of hydrogen-bond donors (Lipinski definition) is 1. The Balaban J connectivity index is 1.62. The Hall–Kier alpha value is -3.51. The highest BCUT2D eigenvalue weighted by Gasteiger charge is 2.23. The summed E-state index contributed by atoms with van der Waals surface area (Å²) in [5, 5.41) is 19.4. The van der Waals surface area contributed by atoms with Crippen LogP contribution in [-0.2, 0) is 14.3 Å². The lowest BCUT2D eigenvalue weighted by atomic mass is 10.1. The van der Waals surface area contributed by atoms with Crippen molar-refractivity contribution in [2.24, 2.45) is 0 Å². The van der Waals surface area contributed by atoms with Gasteiger partial charge in [-0.25, -0.2) is 0 Å². The second kappa shape index (κ2) is 11.4. The fourth-order valence-corrected chi connectivity index (χ4v) is 4.57.